The van der Waals surface area contributed by atoms with Crippen molar-refractivity contribution in [2.75, 3.05) is 29.9 Å². The first-order valence-corrected chi connectivity index (χ1v) is 6.90. The van der Waals surface area contributed by atoms with Gasteiger partial charge in [0.1, 0.15) is 18.0 Å². The number of anilines is 2. The molecule has 1 aromatic heterocycles. The molecule has 1 N–H and O–H groups in total. The molecule has 19 heavy (non-hydrogen) atoms. The highest BCUT2D eigenvalue weighted by molar-refractivity contribution is 5.58. The van der Waals surface area contributed by atoms with Gasteiger partial charge in [0.2, 0.25) is 0 Å². The highest BCUT2D eigenvalue weighted by atomic mass is 15.2. The molecule has 1 unspecified atom stereocenters. The number of nitrogens with zero attached hydrogens (tertiary/aromatic N) is 4. The van der Waals surface area contributed by atoms with Crippen LogP contribution in [-0.2, 0) is 6.42 Å². The number of nitrogens with one attached hydrogen (secondary N) is 1. The van der Waals surface area contributed by atoms with Gasteiger partial charge >= 0.3 is 0 Å². The van der Waals surface area contributed by atoms with Crippen LogP contribution >= 0.6 is 0 Å². The summed E-state index contributed by atoms with van der Waals surface area (Å²) in [5, 5.41) is 12.2. The minimum absolute atomic E-state index is 0.0118. The van der Waals surface area contributed by atoms with Crippen molar-refractivity contribution in [3.63, 3.8) is 0 Å². The molecule has 104 valence electrons. The molecule has 0 aliphatic carbocycles. The lowest BCUT2D eigenvalue weighted by atomic mass is 10.1. The smallest absolute Gasteiger partial charge is 0.137 e. The lowest BCUT2D eigenvalue weighted by Gasteiger charge is -2.26. The van der Waals surface area contributed by atoms with Gasteiger partial charge in [-0.05, 0) is 27.2 Å². The Morgan fingerprint density at radius 1 is 1.37 bits per heavy atom. The maximum atomic E-state index is 8.97. The van der Waals surface area contributed by atoms with Gasteiger partial charge in [-0.15, -0.1) is 0 Å². The molecule has 0 saturated heterocycles. The monoisotopic (exact) mass is 261 g/mol. The Morgan fingerprint density at radius 2 is 2.11 bits per heavy atom. The minimum Gasteiger partial charge on any atom is -0.370 e. The maximum absolute atomic E-state index is 8.97. The third-order valence-corrected chi connectivity index (χ3v) is 3.02. The van der Waals surface area contributed by atoms with Crippen LogP contribution < -0.4 is 10.2 Å². The predicted molar refractivity (Wildman–Crippen MR) is 78.2 cm³/mol. The van der Waals surface area contributed by atoms with E-state index in [0.717, 1.165) is 36.7 Å². The summed E-state index contributed by atoms with van der Waals surface area (Å²) in [6.07, 6.45) is 2.46. The molecule has 1 heterocycles. The first-order chi connectivity index (χ1) is 9.17. The lowest BCUT2D eigenvalue weighted by Crippen LogP contribution is -2.30. The second kappa shape index (κ2) is 7.57. The van der Waals surface area contributed by atoms with E-state index in [4.69, 9.17) is 5.26 Å². The molecule has 5 heteroatoms. The summed E-state index contributed by atoms with van der Waals surface area (Å²) >= 11 is 0. The fraction of sp³-hybridized carbons (Fsp3) is 0.643. The van der Waals surface area contributed by atoms with Crippen LogP contribution in [0.25, 0.3) is 0 Å². The van der Waals surface area contributed by atoms with Crippen LogP contribution in [0.5, 0.6) is 0 Å². The minimum atomic E-state index is -0.0118. The van der Waals surface area contributed by atoms with Crippen LogP contribution in [0.1, 0.15) is 33.3 Å². The molecule has 0 aliphatic heterocycles. The molecule has 1 atom stereocenters. The maximum Gasteiger partial charge on any atom is 0.137 e. The van der Waals surface area contributed by atoms with Crippen molar-refractivity contribution in [3.05, 3.63) is 11.9 Å². The normalized spacial score (nSPS) is 11.7. The van der Waals surface area contributed by atoms with Crippen molar-refractivity contribution in [1.82, 2.24) is 9.97 Å². The topological polar surface area (TPSA) is 64.8 Å². The second-order valence-corrected chi connectivity index (χ2v) is 4.48. The Labute approximate surface area is 115 Å². The lowest BCUT2D eigenvalue weighted by molar-refractivity contribution is 0.675. The van der Waals surface area contributed by atoms with E-state index >= 15 is 0 Å². The Balaban J connectivity index is 3.09. The number of hydrogen-bond acceptors (Lipinski definition) is 5. The number of rotatable bonds is 7. The highest BCUT2D eigenvalue weighted by Gasteiger charge is 2.16. The summed E-state index contributed by atoms with van der Waals surface area (Å²) in [7, 11) is 0. The van der Waals surface area contributed by atoms with E-state index < -0.39 is 0 Å². The molecule has 0 saturated carbocycles. The van der Waals surface area contributed by atoms with E-state index in [1.54, 1.807) is 6.33 Å². The van der Waals surface area contributed by atoms with Crippen molar-refractivity contribution in [2.24, 2.45) is 5.92 Å². The summed E-state index contributed by atoms with van der Waals surface area (Å²) in [5.74, 6) is 1.83. The predicted octanol–water partition coefficient (Wildman–Crippen LogP) is 2.46. The average molecular weight is 261 g/mol. The van der Waals surface area contributed by atoms with Gasteiger partial charge in [-0.2, -0.15) is 5.26 Å². The summed E-state index contributed by atoms with van der Waals surface area (Å²) in [5.41, 5.74) is 1.12. The zero-order valence-corrected chi connectivity index (χ0v) is 12.3. The summed E-state index contributed by atoms with van der Waals surface area (Å²) in [6, 6.07) is 2.28. The molecule has 1 aromatic rings. The zero-order chi connectivity index (χ0) is 14.3. The third-order valence-electron chi connectivity index (χ3n) is 3.02. The molecule has 0 fully saturated rings. The SMILES string of the molecule is CCNc1ncnc(N(CC)CC(C)C#N)c1CC. The molecule has 0 amide bonds. The van der Waals surface area contributed by atoms with E-state index in [9.17, 15) is 0 Å². The molecule has 0 spiro atoms. The van der Waals surface area contributed by atoms with Gasteiger partial charge in [0.05, 0.1) is 12.0 Å². The number of nitriles is 1. The summed E-state index contributed by atoms with van der Waals surface area (Å²) < 4.78 is 0. The Morgan fingerprint density at radius 3 is 2.63 bits per heavy atom. The van der Waals surface area contributed by atoms with Gasteiger partial charge in [0.15, 0.2) is 0 Å². The number of aromatic nitrogens is 2. The highest BCUT2D eigenvalue weighted by Crippen LogP contribution is 2.24. The fourth-order valence-corrected chi connectivity index (χ4v) is 2.06. The molecule has 0 aliphatic rings. The first kappa shape index (κ1) is 15.2. The van der Waals surface area contributed by atoms with E-state index in [1.807, 2.05) is 6.92 Å². The van der Waals surface area contributed by atoms with Crippen LogP contribution in [0.4, 0.5) is 11.6 Å². The standard InChI is InChI=1S/C14H23N5/c1-5-12-13(16-6-2)17-10-18-14(12)19(7-3)9-11(4)8-15/h10-11H,5-7,9H2,1-4H3,(H,16,17,18). The fourth-order valence-electron chi connectivity index (χ4n) is 2.06. The van der Waals surface area contributed by atoms with Crippen LogP contribution in [0.15, 0.2) is 6.33 Å². The first-order valence-electron chi connectivity index (χ1n) is 6.90. The van der Waals surface area contributed by atoms with Crippen LogP contribution in [0.3, 0.4) is 0 Å². The molecule has 1 rings (SSSR count). The molecular weight excluding hydrogens is 238 g/mol. The Bertz CT molecular complexity index is 438. The van der Waals surface area contributed by atoms with Gasteiger partial charge in [-0.3, -0.25) is 0 Å². The second-order valence-electron chi connectivity index (χ2n) is 4.48. The molecule has 0 radical (unpaired) electrons. The molecular formula is C14H23N5. The van der Waals surface area contributed by atoms with E-state index in [-0.39, 0.29) is 5.92 Å². The largest absolute Gasteiger partial charge is 0.370 e. The average Bonchev–Trinajstić information content (AvgIpc) is 2.44. The summed E-state index contributed by atoms with van der Waals surface area (Å²) in [4.78, 5) is 10.9. The zero-order valence-electron chi connectivity index (χ0n) is 12.3. The van der Waals surface area contributed by atoms with Crippen molar-refractivity contribution in [1.29, 1.82) is 5.26 Å². The molecule has 5 nitrogen and oxygen atoms in total. The van der Waals surface area contributed by atoms with E-state index in [2.05, 4.69) is 47.0 Å². The molecule has 0 bridgehead atoms. The third kappa shape index (κ3) is 3.82. The van der Waals surface area contributed by atoms with E-state index in [1.165, 1.54) is 0 Å². The Kier molecular flexibility index (Phi) is 6.07. The van der Waals surface area contributed by atoms with E-state index in [0.29, 0.717) is 6.54 Å². The van der Waals surface area contributed by atoms with Crippen molar-refractivity contribution in [2.45, 2.75) is 34.1 Å². The van der Waals surface area contributed by atoms with Crippen LogP contribution in [0.2, 0.25) is 0 Å². The quantitative estimate of drug-likeness (QED) is 0.816. The van der Waals surface area contributed by atoms with Gasteiger partial charge in [0.25, 0.3) is 0 Å². The van der Waals surface area contributed by atoms with Crippen LogP contribution in [-0.4, -0.2) is 29.6 Å². The number of hydrogen-bond donors (Lipinski definition) is 1. The van der Waals surface area contributed by atoms with Gasteiger partial charge in [-0.25, -0.2) is 9.97 Å². The van der Waals surface area contributed by atoms with Gasteiger partial charge in [-0.1, -0.05) is 6.92 Å². The Hall–Kier alpha value is -1.83. The summed E-state index contributed by atoms with van der Waals surface area (Å²) in [6.45, 7) is 10.5. The molecule has 0 aromatic carbocycles. The van der Waals surface area contributed by atoms with Gasteiger partial charge in [0, 0.05) is 25.2 Å². The van der Waals surface area contributed by atoms with Crippen LogP contribution in [0, 0.1) is 17.2 Å². The van der Waals surface area contributed by atoms with Gasteiger partial charge < -0.3 is 10.2 Å². The van der Waals surface area contributed by atoms with Crippen molar-refractivity contribution in [3.8, 4) is 6.07 Å². The van der Waals surface area contributed by atoms with Crippen molar-refractivity contribution >= 4 is 11.6 Å². The van der Waals surface area contributed by atoms with Crippen molar-refractivity contribution < 1.29 is 0 Å².